The molecule has 3 aromatic rings. The van der Waals surface area contributed by atoms with Crippen LogP contribution in [0, 0.1) is 0 Å². The predicted octanol–water partition coefficient (Wildman–Crippen LogP) is 3.95. The first-order chi connectivity index (χ1) is 15.5. The lowest BCUT2D eigenvalue weighted by Gasteiger charge is -2.20. The summed E-state index contributed by atoms with van der Waals surface area (Å²) < 4.78 is 0. The zero-order valence-corrected chi connectivity index (χ0v) is 18.6. The molecule has 2 aliphatic rings. The van der Waals surface area contributed by atoms with Gasteiger partial charge in [-0.25, -0.2) is 9.97 Å². The van der Waals surface area contributed by atoms with Crippen molar-refractivity contribution >= 4 is 17.5 Å². The lowest BCUT2D eigenvalue weighted by atomic mass is 9.97. The van der Waals surface area contributed by atoms with Crippen molar-refractivity contribution in [1.29, 1.82) is 0 Å². The number of aryl methyl sites for hydroxylation is 1. The fourth-order valence-electron chi connectivity index (χ4n) is 4.62. The Balaban J connectivity index is 1.46. The second-order valence-electron chi connectivity index (χ2n) is 8.87. The molecule has 2 heterocycles. The summed E-state index contributed by atoms with van der Waals surface area (Å²) in [5, 5.41) is 9.17. The van der Waals surface area contributed by atoms with Gasteiger partial charge in [0.15, 0.2) is 0 Å². The van der Waals surface area contributed by atoms with E-state index < -0.39 is 0 Å². The van der Waals surface area contributed by atoms with Gasteiger partial charge in [-0.2, -0.15) is 0 Å². The molecule has 1 amide bonds. The summed E-state index contributed by atoms with van der Waals surface area (Å²) in [4.78, 5) is 25.9. The Morgan fingerprint density at radius 2 is 1.91 bits per heavy atom. The average molecular weight is 429 g/mol. The van der Waals surface area contributed by atoms with Crippen molar-refractivity contribution in [2.45, 2.75) is 31.6 Å². The van der Waals surface area contributed by atoms with Gasteiger partial charge in [0, 0.05) is 54.8 Å². The molecule has 1 spiro atoms. The number of rotatable bonds is 6. The quantitative estimate of drug-likeness (QED) is 0.644. The van der Waals surface area contributed by atoms with Crippen LogP contribution in [0.25, 0.3) is 11.1 Å². The zero-order chi connectivity index (χ0) is 22.3. The Hall–Kier alpha value is -3.25. The first-order valence-electron chi connectivity index (χ1n) is 11.2. The van der Waals surface area contributed by atoms with Crippen LogP contribution < -0.4 is 4.90 Å². The minimum Gasteiger partial charge on any atom is -0.395 e. The third kappa shape index (κ3) is 3.54. The fourth-order valence-corrected chi connectivity index (χ4v) is 4.62. The summed E-state index contributed by atoms with van der Waals surface area (Å²) in [5.74, 6) is 0.573. The minimum atomic E-state index is -0.0920. The van der Waals surface area contributed by atoms with E-state index in [0.717, 1.165) is 42.6 Å². The largest absolute Gasteiger partial charge is 0.395 e. The van der Waals surface area contributed by atoms with Gasteiger partial charge in [-0.1, -0.05) is 37.3 Å². The first kappa shape index (κ1) is 20.6. The lowest BCUT2D eigenvalue weighted by Crippen LogP contribution is -2.29. The molecule has 1 aliphatic carbocycles. The highest BCUT2D eigenvalue weighted by Crippen LogP contribution is 2.57. The number of benzene rings is 2. The topological polar surface area (TPSA) is 69.6 Å². The van der Waals surface area contributed by atoms with Gasteiger partial charge in [0.05, 0.1) is 6.61 Å². The van der Waals surface area contributed by atoms with Gasteiger partial charge in [-0.15, -0.1) is 0 Å². The molecule has 0 bridgehead atoms. The second kappa shape index (κ2) is 8.02. The number of aromatic nitrogens is 2. The van der Waals surface area contributed by atoms with Gasteiger partial charge < -0.3 is 14.9 Å². The monoisotopic (exact) mass is 428 g/mol. The van der Waals surface area contributed by atoms with Crippen molar-refractivity contribution < 1.29 is 9.90 Å². The third-order valence-electron chi connectivity index (χ3n) is 6.75. The van der Waals surface area contributed by atoms with E-state index >= 15 is 0 Å². The van der Waals surface area contributed by atoms with E-state index in [1.807, 2.05) is 24.5 Å². The second-order valence-corrected chi connectivity index (χ2v) is 8.87. The molecule has 1 N–H and O–H groups in total. The summed E-state index contributed by atoms with van der Waals surface area (Å²) >= 11 is 0. The normalized spacial score (nSPS) is 15.7. The Morgan fingerprint density at radius 3 is 2.59 bits per heavy atom. The standard InChI is InChI=1S/C26H28N4O2/c1-3-18-5-4-6-19(13-18)21-15-27-25(28-16-21)30-17-26(9-10-26)22-8-7-20(14-23(22)30)24(32)29(2)11-12-31/h4-8,13-16,31H,3,9-12,17H2,1-2H3. The summed E-state index contributed by atoms with van der Waals surface area (Å²) in [6.45, 7) is 3.26. The lowest BCUT2D eigenvalue weighted by molar-refractivity contribution is 0.0767. The molecule has 32 heavy (non-hydrogen) atoms. The number of nitrogens with zero attached hydrogens (tertiary/aromatic N) is 4. The summed E-state index contributed by atoms with van der Waals surface area (Å²) in [6.07, 6.45) is 7.07. The molecular weight excluding hydrogens is 400 g/mol. The Morgan fingerprint density at radius 1 is 1.12 bits per heavy atom. The molecule has 0 radical (unpaired) electrons. The molecule has 1 fully saturated rings. The average Bonchev–Trinajstić information content (AvgIpc) is 3.55. The molecule has 2 aromatic carbocycles. The molecule has 164 valence electrons. The fraction of sp³-hybridized carbons (Fsp3) is 0.346. The number of carbonyl (C=O) groups is 1. The Labute approximate surface area is 188 Å². The van der Waals surface area contributed by atoms with Crippen LogP contribution in [0.3, 0.4) is 0 Å². The van der Waals surface area contributed by atoms with Gasteiger partial charge in [-0.3, -0.25) is 4.79 Å². The highest BCUT2D eigenvalue weighted by Gasteiger charge is 2.52. The van der Waals surface area contributed by atoms with Crippen LogP contribution in [-0.2, 0) is 11.8 Å². The number of likely N-dealkylation sites (N-methyl/N-ethyl adjacent to an activating group) is 1. The van der Waals surface area contributed by atoms with E-state index in [0.29, 0.717) is 18.1 Å². The van der Waals surface area contributed by atoms with E-state index in [-0.39, 0.29) is 17.9 Å². The number of amides is 1. The number of hydrogen-bond acceptors (Lipinski definition) is 5. The van der Waals surface area contributed by atoms with Gasteiger partial charge in [0.25, 0.3) is 5.91 Å². The zero-order valence-electron chi connectivity index (χ0n) is 18.6. The van der Waals surface area contributed by atoms with Crippen molar-refractivity contribution in [3.05, 3.63) is 71.5 Å². The molecule has 6 heteroatoms. The predicted molar refractivity (Wildman–Crippen MR) is 125 cm³/mol. The molecule has 1 aliphatic heterocycles. The van der Waals surface area contributed by atoms with Gasteiger partial charge in [0.1, 0.15) is 0 Å². The molecular formula is C26H28N4O2. The number of carbonyl (C=O) groups excluding carboxylic acids is 1. The van der Waals surface area contributed by atoms with Gasteiger partial charge >= 0.3 is 0 Å². The molecule has 1 aromatic heterocycles. The van der Waals surface area contributed by atoms with Crippen LogP contribution in [-0.4, -0.2) is 52.6 Å². The molecule has 6 nitrogen and oxygen atoms in total. The van der Waals surface area contributed by atoms with E-state index in [2.05, 4.69) is 42.2 Å². The molecule has 0 saturated heterocycles. The van der Waals surface area contributed by atoms with E-state index in [1.165, 1.54) is 11.1 Å². The number of hydrogen-bond donors (Lipinski definition) is 1. The van der Waals surface area contributed by atoms with Gasteiger partial charge in [-0.05, 0) is 48.1 Å². The van der Waals surface area contributed by atoms with E-state index in [9.17, 15) is 9.90 Å². The van der Waals surface area contributed by atoms with Crippen LogP contribution in [0.5, 0.6) is 0 Å². The molecule has 0 unspecified atom stereocenters. The highest BCUT2D eigenvalue weighted by molar-refractivity contribution is 5.96. The third-order valence-corrected chi connectivity index (χ3v) is 6.75. The van der Waals surface area contributed by atoms with Crippen LogP contribution in [0.4, 0.5) is 11.6 Å². The molecule has 0 atom stereocenters. The van der Waals surface area contributed by atoms with Crippen molar-refractivity contribution in [3.63, 3.8) is 0 Å². The number of fused-ring (bicyclic) bond motifs is 2. The summed E-state index contributed by atoms with van der Waals surface area (Å²) in [5.41, 5.74) is 6.49. The van der Waals surface area contributed by atoms with Crippen molar-refractivity contribution in [1.82, 2.24) is 14.9 Å². The Kier molecular flexibility index (Phi) is 5.18. The molecule has 1 saturated carbocycles. The highest BCUT2D eigenvalue weighted by atomic mass is 16.3. The molecule has 5 rings (SSSR count). The van der Waals surface area contributed by atoms with Crippen LogP contribution in [0.15, 0.2) is 54.9 Å². The van der Waals surface area contributed by atoms with E-state index in [1.54, 1.807) is 11.9 Å². The smallest absolute Gasteiger partial charge is 0.253 e. The maximum Gasteiger partial charge on any atom is 0.253 e. The summed E-state index contributed by atoms with van der Waals surface area (Å²) in [6, 6.07) is 14.4. The minimum absolute atomic E-state index is 0.0518. The van der Waals surface area contributed by atoms with Gasteiger partial charge in [0.2, 0.25) is 5.95 Å². The summed E-state index contributed by atoms with van der Waals surface area (Å²) in [7, 11) is 1.71. The van der Waals surface area contributed by atoms with Crippen molar-refractivity contribution in [2.24, 2.45) is 0 Å². The van der Waals surface area contributed by atoms with Crippen molar-refractivity contribution in [2.75, 3.05) is 31.6 Å². The number of anilines is 2. The van der Waals surface area contributed by atoms with Crippen molar-refractivity contribution in [3.8, 4) is 11.1 Å². The first-order valence-corrected chi connectivity index (χ1v) is 11.2. The van der Waals surface area contributed by atoms with Crippen LogP contribution >= 0.6 is 0 Å². The maximum absolute atomic E-state index is 12.8. The van der Waals surface area contributed by atoms with E-state index in [4.69, 9.17) is 9.97 Å². The Bertz CT molecular complexity index is 1150. The maximum atomic E-state index is 12.8. The van der Waals surface area contributed by atoms with Crippen LogP contribution in [0.1, 0.15) is 41.3 Å². The SMILES string of the molecule is CCc1cccc(-c2cnc(N3CC4(CC4)c4ccc(C(=O)N(C)CCO)cc43)nc2)c1. The number of aliphatic hydroxyl groups excluding tert-OH is 1. The van der Waals surface area contributed by atoms with Crippen LogP contribution in [0.2, 0.25) is 0 Å². The number of aliphatic hydroxyl groups is 1.